The van der Waals surface area contributed by atoms with Gasteiger partial charge in [0.25, 0.3) is 0 Å². The smallest absolute Gasteiger partial charge is 0.246 e. The third-order valence-electron chi connectivity index (χ3n) is 8.10. The lowest BCUT2D eigenvalue weighted by Crippen LogP contribution is -2.56. The first kappa shape index (κ1) is 26.4. The monoisotopic (exact) mass is 501 g/mol. The van der Waals surface area contributed by atoms with Gasteiger partial charge in [0.1, 0.15) is 17.4 Å². The summed E-state index contributed by atoms with van der Waals surface area (Å²) < 4.78 is 12.2. The number of carbonyl (C=O) groups is 3. The van der Waals surface area contributed by atoms with Crippen molar-refractivity contribution in [2.24, 2.45) is 11.8 Å². The summed E-state index contributed by atoms with van der Waals surface area (Å²) in [4.78, 5) is 42.5. The van der Waals surface area contributed by atoms with E-state index in [-0.39, 0.29) is 36.9 Å². The summed E-state index contributed by atoms with van der Waals surface area (Å²) in [5.41, 5.74) is -1.29. The number of aliphatic hydroxyl groups excluding tert-OH is 1. The number of rotatable bonds is 11. The van der Waals surface area contributed by atoms with E-state index in [4.69, 9.17) is 9.47 Å². The molecule has 1 aromatic rings. The minimum atomic E-state index is -1.08. The highest BCUT2D eigenvalue weighted by molar-refractivity contribution is 6.02. The van der Waals surface area contributed by atoms with Crippen molar-refractivity contribution in [3.63, 3.8) is 0 Å². The molecule has 3 N–H and O–H groups in total. The van der Waals surface area contributed by atoms with Crippen molar-refractivity contribution < 1.29 is 29.0 Å². The second kappa shape index (κ2) is 10.4. The first-order chi connectivity index (χ1) is 17.3. The van der Waals surface area contributed by atoms with Crippen molar-refractivity contribution in [1.82, 2.24) is 10.2 Å². The highest BCUT2D eigenvalue weighted by Crippen LogP contribution is 2.64. The zero-order chi connectivity index (χ0) is 26.1. The second-order valence-electron chi connectivity index (χ2n) is 10.2. The van der Waals surface area contributed by atoms with Crippen LogP contribution in [0.3, 0.4) is 0 Å². The minimum absolute atomic E-state index is 0.0209. The van der Waals surface area contributed by atoms with Crippen LogP contribution in [0.4, 0.5) is 5.69 Å². The molecule has 9 heteroatoms. The lowest BCUT2D eigenvalue weighted by Gasteiger charge is -2.34. The van der Waals surface area contributed by atoms with Gasteiger partial charge in [-0.25, -0.2) is 0 Å². The maximum atomic E-state index is 13.8. The van der Waals surface area contributed by atoms with E-state index in [0.29, 0.717) is 37.3 Å². The molecule has 1 aromatic carbocycles. The fourth-order valence-electron chi connectivity index (χ4n) is 6.61. The van der Waals surface area contributed by atoms with Gasteiger partial charge in [0.2, 0.25) is 17.7 Å². The third-order valence-corrected chi connectivity index (χ3v) is 8.10. The molecule has 2 bridgehead atoms. The largest absolute Gasteiger partial charge is 0.494 e. The summed E-state index contributed by atoms with van der Waals surface area (Å²) in [6.07, 6.45) is 3.40. The van der Waals surface area contributed by atoms with Gasteiger partial charge in [-0.15, -0.1) is 0 Å². The fourth-order valence-corrected chi connectivity index (χ4v) is 6.61. The Hall–Kier alpha value is -2.65. The summed E-state index contributed by atoms with van der Waals surface area (Å²) >= 11 is 0. The maximum absolute atomic E-state index is 13.8. The van der Waals surface area contributed by atoms with Gasteiger partial charge in [0, 0.05) is 18.3 Å². The molecule has 0 radical (unpaired) electrons. The van der Waals surface area contributed by atoms with Crippen LogP contribution in [0.5, 0.6) is 5.75 Å². The lowest BCUT2D eigenvalue weighted by molar-refractivity contribution is -0.147. The van der Waals surface area contributed by atoms with E-state index < -0.39 is 29.1 Å². The number of fused-ring (bicyclic) bond motifs is 1. The van der Waals surface area contributed by atoms with Gasteiger partial charge >= 0.3 is 0 Å². The summed E-state index contributed by atoms with van der Waals surface area (Å²) in [6.45, 7) is 8.16. The highest BCUT2D eigenvalue weighted by atomic mass is 16.5. The fraction of sp³-hybridized carbons (Fsp3) is 0.667. The Morgan fingerprint density at radius 3 is 2.53 bits per heavy atom. The average Bonchev–Trinajstić information content (AvgIpc) is 3.45. The second-order valence-corrected chi connectivity index (χ2v) is 10.2. The zero-order valence-electron chi connectivity index (χ0n) is 21.7. The molecule has 0 saturated carbocycles. The minimum Gasteiger partial charge on any atom is -0.494 e. The Kier molecular flexibility index (Phi) is 7.61. The Balaban J connectivity index is 1.65. The maximum Gasteiger partial charge on any atom is 0.246 e. The number of hydrogen-bond donors (Lipinski definition) is 3. The van der Waals surface area contributed by atoms with E-state index in [0.717, 1.165) is 12.8 Å². The van der Waals surface area contributed by atoms with Gasteiger partial charge in [-0.3, -0.25) is 14.4 Å². The summed E-state index contributed by atoms with van der Waals surface area (Å²) in [5.74, 6) is -1.67. The molecule has 36 heavy (non-hydrogen) atoms. The third kappa shape index (κ3) is 4.26. The molecule has 3 unspecified atom stereocenters. The standard InChI is InChI=1S/C27H39N3O6/c1-5-8-17(4)28-24(33)22-27-14-13-26(6-2,36-27)20(21(27)25(34)30(22)15-16-31)23(32)29-18-9-11-19(12-10-18)35-7-3/h9-12,17,20-22,31H,5-8,13-16H2,1-4H3,(H,28,33)(H,29,32)/t17?,20-,21+,22?,26+,27?/m1/s1. The number of anilines is 1. The van der Waals surface area contributed by atoms with Crippen molar-refractivity contribution in [3.8, 4) is 5.75 Å². The van der Waals surface area contributed by atoms with Crippen molar-refractivity contribution in [1.29, 1.82) is 0 Å². The molecule has 3 saturated heterocycles. The molecule has 3 heterocycles. The number of ether oxygens (including phenoxy) is 2. The van der Waals surface area contributed by atoms with E-state index in [9.17, 15) is 19.5 Å². The molecule has 3 aliphatic rings. The summed E-state index contributed by atoms with van der Waals surface area (Å²) in [7, 11) is 0. The van der Waals surface area contributed by atoms with E-state index in [1.54, 1.807) is 24.3 Å². The SMILES string of the molecule is CCCC(C)NC(=O)C1N(CCO)C(=O)[C@@H]2[C@H](C(=O)Nc3ccc(OCC)cc3)[C@]3(CC)CCC12O3. The van der Waals surface area contributed by atoms with Crippen molar-refractivity contribution in [2.75, 3.05) is 25.1 Å². The highest BCUT2D eigenvalue weighted by Gasteiger charge is 2.78. The molecule has 0 aliphatic carbocycles. The van der Waals surface area contributed by atoms with Crippen LogP contribution in [0.1, 0.15) is 59.8 Å². The quantitative estimate of drug-likeness (QED) is 0.429. The zero-order valence-corrected chi connectivity index (χ0v) is 21.7. The number of carbonyl (C=O) groups excluding carboxylic acids is 3. The number of likely N-dealkylation sites (tertiary alicyclic amines) is 1. The van der Waals surface area contributed by atoms with Gasteiger partial charge in [0.05, 0.1) is 30.7 Å². The molecular weight excluding hydrogens is 462 g/mol. The van der Waals surface area contributed by atoms with Crippen LogP contribution in [0.15, 0.2) is 24.3 Å². The van der Waals surface area contributed by atoms with Crippen LogP contribution < -0.4 is 15.4 Å². The Morgan fingerprint density at radius 2 is 1.92 bits per heavy atom. The summed E-state index contributed by atoms with van der Waals surface area (Å²) in [5, 5.41) is 15.7. The van der Waals surface area contributed by atoms with Gasteiger partial charge in [-0.2, -0.15) is 0 Å². The predicted octanol–water partition coefficient (Wildman–Crippen LogP) is 2.48. The van der Waals surface area contributed by atoms with E-state index in [1.165, 1.54) is 4.90 Å². The lowest BCUT2D eigenvalue weighted by atomic mass is 9.65. The number of benzene rings is 1. The normalized spacial score (nSPS) is 31.3. The molecule has 3 fully saturated rings. The van der Waals surface area contributed by atoms with Gasteiger partial charge in [-0.1, -0.05) is 20.3 Å². The molecule has 1 spiro atoms. The molecule has 4 rings (SSSR count). The number of β-amino-alcohol motifs (C(OH)–C–C–N with tert-alkyl or cyclic N) is 1. The molecule has 9 nitrogen and oxygen atoms in total. The Bertz CT molecular complexity index is 984. The van der Waals surface area contributed by atoms with Gasteiger partial charge < -0.3 is 30.1 Å². The topological polar surface area (TPSA) is 117 Å². The number of aliphatic hydroxyl groups is 1. The molecule has 3 amide bonds. The number of hydrogen-bond acceptors (Lipinski definition) is 6. The van der Waals surface area contributed by atoms with E-state index >= 15 is 0 Å². The van der Waals surface area contributed by atoms with Crippen LogP contribution in [0, 0.1) is 11.8 Å². The number of nitrogens with one attached hydrogen (secondary N) is 2. The van der Waals surface area contributed by atoms with Gasteiger partial charge in [0.15, 0.2) is 0 Å². The van der Waals surface area contributed by atoms with Crippen LogP contribution in [0.25, 0.3) is 0 Å². The number of amides is 3. The average molecular weight is 502 g/mol. The molecule has 0 aromatic heterocycles. The Labute approximate surface area is 212 Å². The van der Waals surface area contributed by atoms with Crippen LogP contribution >= 0.6 is 0 Å². The predicted molar refractivity (Wildman–Crippen MR) is 134 cm³/mol. The first-order valence-electron chi connectivity index (χ1n) is 13.2. The van der Waals surface area contributed by atoms with Crippen molar-refractivity contribution in [2.45, 2.75) is 83.1 Å². The van der Waals surface area contributed by atoms with Crippen LogP contribution in [0.2, 0.25) is 0 Å². The van der Waals surface area contributed by atoms with Crippen LogP contribution in [-0.4, -0.2) is 70.8 Å². The number of nitrogens with zero attached hydrogens (tertiary/aromatic N) is 1. The van der Waals surface area contributed by atoms with Gasteiger partial charge in [-0.05, 0) is 63.8 Å². The molecule has 6 atom stereocenters. The van der Waals surface area contributed by atoms with Crippen molar-refractivity contribution in [3.05, 3.63) is 24.3 Å². The van der Waals surface area contributed by atoms with E-state index in [2.05, 4.69) is 17.6 Å². The van der Waals surface area contributed by atoms with Crippen molar-refractivity contribution >= 4 is 23.4 Å². The molecule has 198 valence electrons. The molecule has 3 aliphatic heterocycles. The Morgan fingerprint density at radius 1 is 1.19 bits per heavy atom. The molecular formula is C27H39N3O6. The van der Waals surface area contributed by atoms with E-state index in [1.807, 2.05) is 20.8 Å². The summed E-state index contributed by atoms with van der Waals surface area (Å²) in [6, 6.07) is 6.18. The van der Waals surface area contributed by atoms with Crippen LogP contribution in [-0.2, 0) is 19.1 Å². The first-order valence-corrected chi connectivity index (χ1v) is 13.2.